The molecule has 112 valence electrons. The van der Waals surface area contributed by atoms with Gasteiger partial charge in [-0.15, -0.1) is 15.6 Å². The highest BCUT2D eigenvalue weighted by molar-refractivity contribution is 7.80. The Labute approximate surface area is 119 Å². The van der Waals surface area contributed by atoms with Gasteiger partial charge in [-0.1, -0.05) is 0 Å². The Bertz CT molecular complexity index is 628. The van der Waals surface area contributed by atoms with E-state index in [1.807, 2.05) is 0 Å². The van der Waals surface area contributed by atoms with Crippen LogP contribution < -0.4 is 5.73 Å². The van der Waals surface area contributed by atoms with E-state index < -0.39 is 22.5 Å². The highest BCUT2D eigenvalue weighted by Gasteiger charge is 2.36. The second-order valence-electron chi connectivity index (χ2n) is 4.27. The number of carbonyl (C=O) groups excluding carboxylic acids is 1. The smallest absolute Gasteiger partial charge is 0.325 e. The Balaban J connectivity index is 2.44. The van der Waals surface area contributed by atoms with E-state index in [1.165, 1.54) is 23.3 Å². The summed E-state index contributed by atoms with van der Waals surface area (Å²) in [7, 11) is -3.31. The zero-order chi connectivity index (χ0) is 15.1. The average molecular weight is 322 g/mol. The fourth-order valence-corrected chi connectivity index (χ4v) is 3.25. The number of rotatable bonds is 3. The molecular weight excluding hydrogens is 308 g/mol. The van der Waals surface area contributed by atoms with Gasteiger partial charge in [-0.3, -0.25) is 4.55 Å². The summed E-state index contributed by atoms with van der Waals surface area (Å²) in [5.41, 5.74) is 6.17. The van der Waals surface area contributed by atoms with Crippen molar-refractivity contribution in [2.75, 3.05) is 7.05 Å². The number of hydrogen-bond donors (Lipinski definition) is 2. The van der Waals surface area contributed by atoms with Gasteiger partial charge in [-0.05, 0) is 6.92 Å². The Kier molecular flexibility index (Phi) is 3.97. The van der Waals surface area contributed by atoms with E-state index in [1.54, 1.807) is 6.92 Å². The van der Waals surface area contributed by atoms with Crippen molar-refractivity contribution in [1.29, 1.82) is 0 Å². The second kappa shape index (κ2) is 5.26. The average Bonchev–Trinajstić information content (AvgIpc) is 2.73. The standard InChI is InChI=1S/C9H14N4O5S2/c1-5-8-6(11-7(3-10)19-8)4-12(2)9(14)13(5)18-20(15,16)17/h5H,3-4,10H2,1-2H3,(H,15,16,17). The molecule has 0 bridgehead atoms. The van der Waals surface area contributed by atoms with E-state index in [0.29, 0.717) is 20.6 Å². The molecule has 3 N–H and O–H groups in total. The van der Waals surface area contributed by atoms with Gasteiger partial charge >= 0.3 is 16.4 Å². The van der Waals surface area contributed by atoms with Crippen LogP contribution in [-0.4, -0.2) is 41.0 Å². The van der Waals surface area contributed by atoms with Crippen molar-refractivity contribution in [3.63, 3.8) is 0 Å². The molecule has 0 aromatic carbocycles. The lowest BCUT2D eigenvalue weighted by Gasteiger charge is -2.25. The number of thiazole rings is 1. The molecule has 1 aliphatic rings. The quantitative estimate of drug-likeness (QED) is 0.764. The zero-order valence-corrected chi connectivity index (χ0v) is 12.4. The molecule has 0 saturated heterocycles. The van der Waals surface area contributed by atoms with Crippen molar-refractivity contribution in [1.82, 2.24) is 14.9 Å². The van der Waals surface area contributed by atoms with Crippen molar-refractivity contribution in [2.45, 2.75) is 26.1 Å². The third-order valence-electron chi connectivity index (χ3n) is 2.75. The summed E-state index contributed by atoms with van der Waals surface area (Å²) in [6.45, 7) is 2.04. The highest BCUT2D eigenvalue weighted by atomic mass is 32.3. The Morgan fingerprint density at radius 3 is 2.80 bits per heavy atom. The first-order chi connectivity index (χ1) is 9.23. The number of hydrogen-bond acceptors (Lipinski definition) is 7. The Morgan fingerprint density at radius 1 is 1.60 bits per heavy atom. The fourth-order valence-electron chi connectivity index (χ4n) is 1.87. The van der Waals surface area contributed by atoms with Gasteiger partial charge in [0, 0.05) is 13.6 Å². The molecule has 9 nitrogen and oxygen atoms in total. The topological polar surface area (TPSA) is 126 Å². The minimum absolute atomic E-state index is 0.209. The molecule has 1 atom stereocenters. The van der Waals surface area contributed by atoms with Crippen LogP contribution >= 0.6 is 11.3 Å². The maximum absolute atomic E-state index is 12.1. The predicted octanol–water partition coefficient (Wildman–Crippen LogP) is 0.265. The first-order valence-corrected chi connectivity index (χ1v) is 7.81. The van der Waals surface area contributed by atoms with Crippen LogP contribution in [0, 0.1) is 0 Å². The second-order valence-corrected chi connectivity index (χ2v) is 6.39. The molecule has 1 aromatic rings. The molecule has 2 heterocycles. The highest BCUT2D eigenvalue weighted by Crippen LogP contribution is 2.34. The van der Waals surface area contributed by atoms with Crippen molar-refractivity contribution in [2.24, 2.45) is 5.73 Å². The number of carbonyl (C=O) groups is 1. The van der Waals surface area contributed by atoms with Crippen LogP contribution in [-0.2, 0) is 27.8 Å². The molecule has 2 rings (SSSR count). The maximum atomic E-state index is 12.1. The number of hydroxylamine groups is 2. The van der Waals surface area contributed by atoms with Gasteiger partial charge in [0.15, 0.2) is 0 Å². The summed E-state index contributed by atoms with van der Waals surface area (Å²) < 4.78 is 34.9. The van der Waals surface area contributed by atoms with E-state index >= 15 is 0 Å². The molecule has 11 heteroatoms. The first kappa shape index (κ1) is 15.1. The normalized spacial score (nSPS) is 20.0. The molecule has 0 radical (unpaired) electrons. The summed E-state index contributed by atoms with van der Waals surface area (Å²) in [5, 5.41) is 1.29. The number of nitrogens with two attached hydrogens (primary N) is 1. The number of nitrogens with zero attached hydrogens (tertiary/aromatic N) is 3. The molecule has 0 fully saturated rings. The van der Waals surface area contributed by atoms with Crippen LogP contribution in [0.25, 0.3) is 0 Å². The number of aromatic nitrogens is 1. The number of amides is 2. The van der Waals surface area contributed by atoms with Gasteiger partial charge in [0.05, 0.1) is 23.2 Å². The van der Waals surface area contributed by atoms with Gasteiger partial charge < -0.3 is 10.6 Å². The molecule has 1 aliphatic heterocycles. The van der Waals surface area contributed by atoms with Crippen LogP contribution in [0.4, 0.5) is 4.79 Å². The van der Waals surface area contributed by atoms with Gasteiger partial charge in [-0.25, -0.2) is 9.78 Å². The molecule has 20 heavy (non-hydrogen) atoms. The van der Waals surface area contributed by atoms with Crippen molar-refractivity contribution in [3.8, 4) is 0 Å². The summed E-state index contributed by atoms with van der Waals surface area (Å²) in [4.78, 5) is 18.3. The van der Waals surface area contributed by atoms with Gasteiger partial charge in [-0.2, -0.15) is 13.5 Å². The lowest BCUT2D eigenvalue weighted by atomic mass is 10.2. The Hall–Kier alpha value is -1.27. The summed E-state index contributed by atoms with van der Waals surface area (Å²) in [6, 6.07) is -1.39. The number of urea groups is 1. The minimum Gasteiger partial charge on any atom is -0.325 e. The lowest BCUT2D eigenvalue weighted by Crippen LogP contribution is -2.41. The minimum atomic E-state index is -4.79. The van der Waals surface area contributed by atoms with E-state index in [4.69, 9.17) is 10.3 Å². The summed E-state index contributed by atoms with van der Waals surface area (Å²) in [5.74, 6) is 0. The molecule has 0 saturated carbocycles. The SMILES string of the molecule is CC1c2sc(CN)nc2CN(C)C(=O)N1OS(=O)(=O)O. The molecule has 0 spiro atoms. The lowest BCUT2D eigenvalue weighted by molar-refractivity contribution is -0.0554. The van der Waals surface area contributed by atoms with Gasteiger partial charge in [0.25, 0.3) is 0 Å². The van der Waals surface area contributed by atoms with Crippen molar-refractivity contribution in [3.05, 3.63) is 15.6 Å². The molecule has 0 aliphatic carbocycles. The fraction of sp³-hybridized carbons (Fsp3) is 0.556. The zero-order valence-electron chi connectivity index (χ0n) is 10.8. The van der Waals surface area contributed by atoms with Crippen LogP contribution in [0.2, 0.25) is 0 Å². The van der Waals surface area contributed by atoms with E-state index in [9.17, 15) is 13.2 Å². The van der Waals surface area contributed by atoms with Crippen LogP contribution in [0.15, 0.2) is 0 Å². The van der Waals surface area contributed by atoms with Crippen LogP contribution in [0.1, 0.15) is 28.5 Å². The number of fused-ring (bicyclic) bond motifs is 1. The van der Waals surface area contributed by atoms with Crippen molar-refractivity contribution >= 4 is 27.8 Å². The maximum Gasteiger partial charge on any atom is 0.418 e. The van der Waals surface area contributed by atoms with Gasteiger partial charge in [0.1, 0.15) is 5.01 Å². The third kappa shape index (κ3) is 2.91. The monoisotopic (exact) mass is 322 g/mol. The largest absolute Gasteiger partial charge is 0.418 e. The predicted molar refractivity (Wildman–Crippen MR) is 69.8 cm³/mol. The van der Waals surface area contributed by atoms with Crippen LogP contribution in [0.3, 0.4) is 0 Å². The third-order valence-corrected chi connectivity index (χ3v) is 4.39. The van der Waals surface area contributed by atoms with Gasteiger partial charge in [0.2, 0.25) is 0 Å². The van der Waals surface area contributed by atoms with Crippen molar-refractivity contribution < 1.29 is 22.0 Å². The molecule has 1 unspecified atom stereocenters. The van der Waals surface area contributed by atoms with E-state index in [0.717, 1.165) is 0 Å². The Morgan fingerprint density at radius 2 is 2.25 bits per heavy atom. The molecule has 1 aromatic heterocycles. The summed E-state index contributed by atoms with van der Waals surface area (Å²) >= 11 is 1.28. The van der Waals surface area contributed by atoms with E-state index in [-0.39, 0.29) is 13.1 Å². The van der Waals surface area contributed by atoms with E-state index in [2.05, 4.69) is 9.27 Å². The molecular formula is C9H14N4O5S2. The van der Waals surface area contributed by atoms with Crippen LogP contribution in [0.5, 0.6) is 0 Å². The summed E-state index contributed by atoms with van der Waals surface area (Å²) in [6.07, 6.45) is 0. The molecule has 2 amide bonds. The first-order valence-electron chi connectivity index (χ1n) is 5.62.